The minimum Gasteiger partial charge on any atom is -0.299 e. The minimum absolute atomic E-state index is 0.0741. The van der Waals surface area contributed by atoms with Crippen molar-refractivity contribution in [2.24, 2.45) is 0 Å². The van der Waals surface area contributed by atoms with Gasteiger partial charge in [0.2, 0.25) is 0 Å². The normalized spacial score (nSPS) is 18.5. The van der Waals surface area contributed by atoms with Crippen LogP contribution in [0.3, 0.4) is 0 Å². The number of nitrogens with zero attached hydrogens (tertiary/aromatic N) is 2. The highest BCUT2D eigenvalue weighted by Gasteiger charge is 2.21. The zero-order chi connectivity index (χ0) is 16.0. The van der Waals surface area contributed by atoms with Gasteiger partial charge in [0, 0.05) is 18.4 Å². The molecule has 1 atom stereocenters. The van der Waals surface area contributed by atoms with Gasteiger partial charge in [0.1, 0.15) is 0 Å². The van der Waals surface area contributed by atoms with Gasteiger partial charge in [0.05, 0.1) is 4.90 Å². The van der Waals surface area contributed by atoms with Crippen molar-refractivity contribution >= 4 is 10.1 Å². The first-order valence-electron chi connectivity index (χ1n) is 7.11. The van der Waals surface area contributed by atoms with Crippen LogP contribution in [-0.4, -0.2) is 36.4 Å². The van der Waals surface area contributed by atoms with Crippen molar-refractivity contribution in [3.8, 4) is 0 Å². The molecule has 1 N–H and O–H groups in total. The Hall–Kier alpha value is -1.76. The molecule has 1 aliphatic heterocycles. The molecule has 0 amide bonds. The third-order valence-electron chi connectivity index (χ3n) is 3.63. The summed E-state index contributed by atoms with van der Waals surface area (Å²) in [5.74, 6) is 0. The van der Waals surface area contributed by atoms with Crippen LogP contribution in [0.2, 0.25) is 0 Å². The van der Waals surface area contributed by atoms with Gasteiger partial charge in [0.25, 0.3) is 10.1 Å². The van der Waals surface area contributed by atoms with Crippen LogP contribution in [0.15, 0.2) is 59.8 Å². The van der Waals surface area contributed by atoms with Crippen LogP contribution >= 0.6 is 0 Å². The molecule has 118 valence electrons. The second kappa shape index (κ2) is 7.49. The van der Waals surface area contributed by atoms with Gasteiger partial charge in [-0.25, -0.2) is 0 Å². The summed E-state index contributed by atoms with van der Waals surface area (Å²) in [4.78, 5) is 6.46. The maximum absolute atomic E-state index is 10.4. The molecule has 5 nitrogen and oxygen atoms in total. The second-order valence-electron chi connectivity index (χ2n) is 5.21. The fourth-order valence-electron chi connectivity index (χ4n) is 2.50. The first-order valence-corrected chi connectivity index (χ1v) is 8.55. The lowest BCUT2D eigenvalue weighted by atomic mass is 10.1. The molecule has 3 rings (SSSR count). The van der Waals surface area contributed by atoms with Crippen LogP contribution in [0.4, 0.5) is 0 Å². The number of pyridine rings is 1. The van der Waals surface area contributed by atoms with Crippen LogP contribution in [0.25, 0.3) is 0 Å². The van der Waals surface area contributed by atoms with Gasteiger partial charge in [-0.3, -0.25) is 14.4 Å². The number of likely N-dealkylation sites (tertiary alicyclic amines) is 1. The van der Waals surface area contributed by atoms with Crippen molar-refractivity contribution in [1.82, 2.24) is 9.88 Å². The Kier molecular flexibility index (Phi) is 5.65. The molecule has 1 unspecified atom stereocenters. The van der Waals surface area contributed by atoms with E-state index in [2.05, 4.69) is 23.0 Å². The SMILES string of the molecule is CN1CCCC1c1cccnc1.O=S(=O)(O)c1ccccc1. The molecule has 0 bridgehead atoms. The maximum atomic E-state index is 10.4. The predicted octanol–water partition coefficient (Wildman–Crippen LogP) is 2.78. The van der Waals surface area contributed by atoms with E-state index in [1.807, 2.05) is 18.5 Å². The molecule has 0 spiro atoms. The maximum Gasteiger partial charge on any atom is 0.294 e. The van der Waals surface area contributed by atoms with Crippen molar-refractivity contribution < 1.29 is 13.0 Å². The first-order chi connectivity index (χ1) is 10.5. The molecule has 1 aromatic carbocycles. The number of aromatic nitrogens is 1. The van der Waals surface area contributed by atoms with Gasteiger partial charge < -0.3 is 0 Å². The van der Waals surface area contributed by atoms with Crippen molar-refractivity contribution in [2.45, 2.75) is 23.8 Å². The van der Waals surface area contributed by atoms with E-state index in [-0.39, 0.29) is 4.90 Å². The molecule has 6 heteroatoms. The van der Waals surface area contributed by atoms with E-state index in [0.29, 0.717) is 6.04 Å². The van der Waals surface area contributed by atoms with E-state index in [1.54, 1.807) is 18.2 Å². The lowest BCUT2D eigenvalue weighted by Gasteiger charge is -2.18. The van der Waals surface area contributed by atoms with E-state index in [1.165, 1.54) is 37.1 Å². The molecule has 2 heterocycles. The van der Waals surface area contributed by atoms with Crippen molar-refractivity contribution in [2.75, 3.05) is 13.6 Å². The quantitative estimate of drug-likeness (QED) is 0.862. The summed E-state index contributed by atoms with van der Waals surface area (Å²) < 4.78 is 29.2. The monoisotopic (exact) mass is 320 g/mol. The molecule has 2 aromatic rings. The van der Waals surface area contributed by atoms with Crippen LogP contribution in [0.1, 0.15) is 24.4 Å². The molecular formula is C16H20N2O3S. The second-order valence-corrected chi connectivity index (χ2v) is 6.63. The summed E-state index contributed by atoms with van der Waals surface area (Å²) in [5, 5.41) is 0. The smallest absolute Gasteiger partial charge is 0.294 e. The molecule has 1 saturated heterocycles. The fraction of sp³-hybridized carbons (Fsp3) is 0.312. The topological polar surface area (TPSA) is 70.5 Å². The van der Waals surface area contributed by atoms with E-state index in [4.69, 9.17) is 4.55 Å². The number of hydrogen-bond acceptors (Lipinski definition) is 4. The molecule has 0 saturated carbocycles. The lowest BCUT2D eigenvalue weighted by Crippen LogP contribution is -2.17. The molecular weight excluding hydrogens is 300 g/mol. The van der Waals surface area contributed by atoms with Crippen LogP contribution in [0.5, 0.6) is 0 Å². The Bertz CT molecular complexity index is 675. The highest BCUT2D eigenvalue weighted by atomic mass is 32.2. The van der Waals surface area contributed by atoms with Gasteiger partial charge in [-0.2, -0.15) is 8.42 Å². The zero-order valence-corrected chi connectivity index (χ0v) is 13.3. The molecule has 0 radical (unpaired) electrons. The van der Waals surface area contributed by atoms with Crippen LogP contribution in [0, 0.1) is 0 Å². The van der Waals surface area contributed by atoms with Gasteiger partial charge >= 0.3 is 0 Å². The van der Waals surface area contributed by atoms with E-state index in [0.717, 1.165) is 0 Å². The summed E-state index contributed by atoms with van der Waals surface area (Å²) >= 11 is 0. The highest BCUT2D eigenvalue weighted by molar-refractivity contribution is 7.85. The minimum atomic E-state index is -4.00. The molecule has 0 aliphatic carbocycles. The number of rotatable bonds is 2. The van der Waals surface area contributed by atoms with Crippen molar-refractivity contribution in [3.63, 3.8) is 0 Å². The first kappa shape index (κ1) is 16.6. The Morgan fingerprint density at radius 1 is 1.18 bits per heavy atom. The molecule has 1 fully saturated rings. The Labute approximate surface area is 131 Å². The third-order valence-corrected chi connectivity index (χ3v) is 4.50. The van der Waals surface area contributed by atoms with Crippen molar-refractivity contribution in [1.29, 1.82) is 0 Å². The Morgan fingerprint density at radius 3 is 2.36 bits per heavy atom. The predicted molar refractivity (Wildman–Crippen MR) is 85.1 cm³/mol. The van der Waals surface area contributed by atoms with Crippen molar-refractivity contribution in [3.05, 3.63) is 60.4 Å². The lowest BCUT2D eigenvalue weighted by molar-refractivity contribution is 0.317. The average Bonchev–Trinajstić information content (AvgIpc) is 2.95. The number of hydrogen-bond donors (Lipinski definition) is 1. The summed E-state index contributed by atoms with van der Waals surface area (Å²) in [7, 11) is -1.82. The van der Waals surface area contributed by atoms with Crippen LogP contribution in [-0.2, 0) is 10.1 Å². The molecule has 1 aromatic heterocycles. The Morgan fingerprint density at radius 2 is 1.91 bits per heavy atom. The fourth-order valence-corrected chi connectivity index (χ4v) is 3.00. The summed E-state index contributed by atoms with van der Waals surface area (Å²) in [6.45, 7) is 1.22. The largest absolute Gasteiger partial charge is 0.299 e. The Balaban J connectivity index is 0.000000164. The standard InChI is InChI=1S/C10H14N2.C6H6O3S/c1-12-7-3-5-10(12)9-4-2-6-11-8-9;7-10(8,9)6-4-2-1-3-5-6/h2,4,6,8,10H,3,5,7H2,1H3;1-5H,(H,7,8,9). The van der Waals surface area contributed by atoms with Gasteiger partial charge in [-0.1, -0.05) is 24.3 Å². The van der Waals surface area contributed by atoms with Gasteiger partial charge in [-0.15, -0.1) is 0 Å². The summed E-state index contributed by atoms with van der Waals surface area (Å²) in [6.07, 6.45) is 6.41. The van der Waals surface area contributed by atoms with Gasteiger partial charge in [0.15, 0.2) is 0 Å². The van der Waals surface area contributed by atoms with E-state index in [9.17, 15) is 8.42 Å². The van der Waals surface area contributed by atoms with Crippen LogP contribution < -0.4 is 0 Å². The van der Waals surface area contributed by atoms with Gasteiger partial charge in [-0.05, 0) is 50.2 Å². The number of benzene rings is 1. The van der Waals surface area contributed by atoms with E-state index >= 15 is 0 Å². The summed E-state index contributed by atoms with van der Waals surface area (Å²) in [5.41, 5.74) is 1.36. The highest BCUT2D eigenvalue weighted by Crippen LogP contribution is 2.29. The third kappa shape index (κ3) is 4.62. The molecule has 22 heavy (non-hydrogen) atoms. The molecule has 1 aliphatic rings. The average molecular weight is 320 g/mol. The van der Waals surface area contributed by atoms with E-state index < -0.39 is 10.1 Å². The summed E-state index contributed by atoms with van der Waals surface area (Å²) in [6, 6.07) is 12.2. The zero-order valence-electron chi connectivity index (χ0n) is 12.5.